The van der Waals surface area contributed by atoms with Gasteiger partial charge in [-0.15, -0.1) is 0 Å². The molecular formula is C16H24N2O. The fourth-order valence-corrected chi connectivity index (χ4v) is 3.39. The lowest BCUT2D eigenvalue weighted by Crippen LogP contribution is -2.46. The van der Waals surface area contributed by atoms with Crippen LogP contribution >= 0.6 is 0 Å². The number of rotatable bonds is 3. The van der Waals surface area contributed by atoms with Crippen LogP contribution in [0.1, 0.15) is 26.7 Å². The van der Waals surface area contributed by atoms with E-state index in [0.717, 1.165) is 31.3 Å². The van der Waals surface area contributed by atoms with Crippen molar-refractivity contribution >= 4 is 5.91 Å². The molecule has 3 aliphatic rings. The van der Waals surface area contributed by atoms with Crippen LogP contribution in [0.15, 0.2) is 23.8 Å². The SMILES string of the molecule is CNC1CC2CC2CN(CC2=CC=CC2(C)C)C1=O. The molecule has 1 saturated carbocycles. The number of hydrogen-bond donors (Lipinski definition) is 1. The molecule has 3 atom stereocenters. The zero-order chi connectivity index (χ0) is 13.6. The highest BCUT2D eigenvalue weighted by Crippen LogP contribution is 2.45. The molecule has 0 bridgehead atoms. The zero-order valence-corrected chi connectivity index (χ0v) is 12.1. The van der Waals surface area contributed by atoms with Crippen molar-refractivity contribution in [2.45, 2.75) is 32.7 Å². The molecule has 1 saturated heterocycles. The molecule has 2 aliphatic carbocycles. The Balaban J connectivity index is 1.74. The molecule has 19 heavy (non-hydrogen) atoms. The van der Waals surface area contributed by atoms with Gasteiger partial charge in [-0.05, 0) is 37.3 Å². The molecule has 0 aromatic heterocycles. The summed E-state index contributed by atoms with van der Waals surface area (Å²) in [4.78, 5) is 14.6. The van der Waals surface area contributed by atoms with Gasteiger partial charge in [0, 0.05) is 18.5 Å². The average Bonchev–Trinajstić information content (AvgIpc) is 3.02. The summed E-state index contributed by atoms with van der Waals surface area (Å²) in [6, 6.07) is 0.0237. The third kappa shape index (κ3) is 2.36. The van der Waals surface area contributed by atoms with Gasteiger partial charge in [0.1, 0.15) is 0 Å². The first-order valence-corrected chi connectivity index (χ1v) is 7.36. The number of likely N-dealkylation sites (tertiary alicyclic amines) is 1. The van der Waals surface area contributed by atoms with Gasteiger partial charge >= 0.3 is 0 Å². The first kappa shape index (κ1) is 12.9. The number of fused-ring (bicyclic) bond motifs is 1. The van der Waals surface area contributed by atoms with E-state index in [0.29, 0.717) is 5.91 Å². The molecule has 1 aliphatic heterocycles. The van der Waals surface area contributed by atoms with E-state index in [1.165, 1.54) is 12.0 Å². The van der Waals surface area contributed by atoms with Crippen molar-refractivity contribution in [3.63, 3.8) is 0 Å². The Labute approximate surface area is 115 Å². The first-order valence-electron chi connectivity index (χ1n) is 7.36. The maximum Gasteiger partial charge on any atom is 0.240 e. The fraction of sp³-hybridized carbons (Fsp3) is 0.688. The van der Waals surface area contributed by atoms with Crippen LogP contribution in [0.4, 0.5) is 0 Å². The smallest absolute Gasteiger partial charge is 0.240 e. The van der Waals surface area contributed by atoms with Crippen LogP contribution in [0.3, 0.4) is 0 Å². The minimum absolute atomic E-state index is 0.0237. The van der Waals surface area contributed by atoms with Crippen molar-refractivity contribution in [2.24, 2.45) is 17.3 Å². The first-order chi connectivity index (χ1) is 9.01. The summed E-state index contributed by atoms with van der Waals surface area (Å²) in [6.45, 7) is 6.19. The Bertz CT molecular complexity index is 450. The molecule has 0 radical (unpaired) electrons. The van der Waals surface area contributed by atoms with Crippen molar-refractivity contribution in [3.8, 4) is 0 Å². The van der Waals surface area contributed by atoms with Crippen LogP contribution in [-0.4, -0.2) is 37.0 Å². The summed E-state index contributed by atoms with van der Waals surface area (Å²) in [5.41, 5.74) is 1.46. The lowest BCUT2D eigenvalue weighted by Gasteiger charge is -2.30. The quantitative estimate of drug-likeness (QED) is 0.841. The lowest BCUT2D eigenvalue weighted by molar-refractivity contribution is -0.132. The lowest BCUT2D eigenvalue weighted by atomic mass is 9.87. The standard InChI is InChI=1S/C16H24N2O/c1-16(2)6-4-5-13(16)10-18-9-12-7-11(12)8-14(17-3)15(18)19/h4-6,11-12,14,17H,7-10H2,1-3H3. The predicted molar refractivity (Wildman–Crippen MR) is 76.6 cm³/mol. The highest BCUT2D eigenvalue weighted by atomic mass is 16.2. The Morgan fingerprint density at radius 1 is 1.37 bits per heavy atom. The van der Waals surface area contributed by atoms with Crippen LogP contribution < -0.4 is 5.32 Å². The van der Waals surface area contributed by atoms with Gasteiger partial charge in [-0.25, -0.2) is 0 Å². The van der Waals surface area contributed by atoms with Gasteiger partial charge in [-0.2, -0.15) is 0 Å². The Hall–Kier alpha value is -1.09. The van der Waals surface area contributed by atoms with Crippen molar-refractivity contribution < 1.29 is 4.79 Å². The summed E-state index contributed by atoms with van der Waals surface area (Å²) in [5, 5.41) is 3.20. The highest BCUT2D eigenvalue weighted by molar-refractivity contribution is 5.82. The van der Waals surface area contributed by atoms with E-state index in [-0.39, 0.29) is 11.5 Å². The van der Waals surface area contributed by atoms with Gasteiger partial charge in [0.25, 0.3) is 0 Å². The van der Waals surface area contributed by atoms with Gasteiger partial charge in [0.15, 0.2) is 0 Å². The van der Waals surface area contributed by atoms with E-state index in [4.69, 9.17) is 0 Å². The number of carbonyl (C=O) groups excluding carboxylic acids is 1. The summed E-state index contributed by atoms with van der Waals surface area (Å²) in [5.74, 6) is 1.81. The molecule has 3 heteroatoms. The maximum absolute atomic E-state index is 12.6. The van der Waals surface area contributed by atoms with Gasteiger partial charge in [-0.3, -0.25) is 4.79 Å². The molecule has 3 rings (SSSR count). The molecule has 104 valence electrons. The van der Waals surface area contributed by atoms with Crippen molar-refractivity contribution in [3.05, 3.63) is 23.8 Å². The number of carbonyl (C=O) groups is 1. The maximum atomic E-state index is 12.6. The molecule has 3 nitrogen and oxygen atoms in total. The fourth-order valence-electron chi connectivity index (χ4n) is 3.39. The van der Waals surface area contributed by atoms with Crippen molar-refractivity contribution in [2.75, 3.05) is 20.1 Å². The van der Waals surface area contributed by atoms with E-state index in [9.17, 15) is 4.79 Å². The minimum atomic E-state index is 0.0237. The Kier molecular flexibility index (Phi) is 3.05. The molecule has 1 heterocycles. The Morgan fingerprint density at radius 3 is 2.79 bits per heavy atom. The Morgan fingerprint density at radius 2 is 2.16 bits per heavy atom. The summed E-state index contributed by atoms with van der Waals surface area (Å²) >= 11 is 0. The van der Waals surface area contributed by atoms with Gasteiger partial charge in [0.2, 0.25) is 5.91 Å². The number of likely N-dealkylation sites (N-methyl/N-ethyl adjacent to an activating group) is 1. The van der Waals surface area contributed by atoms with E-state index < -0.39 is 0 Å². The van der Waals surface area contributed by atoms with Crippen molar-refractivity contribution in [1.82, 2.24) is 10.2 Å². The normalized spacial score (nSPS) is 35.9. The number of allylic oxidation sites excluding steroid dienone is 3. The second kappa shape index (κ2) is 4.48. The van der Waals surface area contributed by atoms with Crippen LogP contribution in [0.25, 0.3) is 0 Å². The molecule has 1 N–H and O–H groups in total. The molecule has 1 amide bonds. The van der Waals surface area contributed by atoms with Crippen molar-refractivity contribution in [1.29, 1.82) is 0 Å². The number of nitrogens with one attached hydrogen (secondary N) is 1. The minimum Gasteiger partial charge on any atom is -0.337 e. The summed E-state index contributed by atoms with van der Waals surface area (Å²) < 4.78 is 0. The third-order valence-electron chi connectivity index (χ3n) is 5.02. The van der Waals surface area contributed by atoms with E-state index in [1.54, 1.807) is 0 Å². The van der Waals surface area contributed by atoms with E-state index in [2.05, 4.69) is 42.3 Å². The predicted octanol–water partition coefficient (Wildman–Crippen LogP) is 1.97. The van der Waals surface area contributed by atoms with Gasteiger partial charge < -0.3 is 10.2 Å². The van der Waals surface area contributed by atoms with Gasteiger partial charge in [-0.1, -0.05) is 32.1 Å². The summed E-state index contributed by atoms with van der Waals surface area (Å²) in [6.07, 6.45) is 8.85. The van der Waals surface area contributed by atoms with Gasteiger partial charge in [0.05, 0.1) is 6.04 Å². The topological polar surface area (TPSA) is 32.3 Å². The largest absolute Gasteiger partial charge is 0.337 e. The molecule has 3 unspecified atom stereocenters. The second-order valence-electron chi connectivity index (χ2n) is 6.82. The van der Waals surface area contributed by atoms with E-state index in [1.807, 2.05) is 7.05 Å². The van der Waals surface area contributed by atoms with Crippen LogP contribution in [0.2, 0.25) is 0 Å². The molecule has 0 aromatic carbocycles. The monoisotopic (exact) mass is 260 g/mol. The molecule has 0 aromatic rings. The number of hydrogen-bond acceptors (Lipinski definition) is 2. The highest BCUT2D eigenvalue weighted by Gasteiger charge is 2.45. The number of nitrogens with zero attached hydrogens (tertiary/aromatic N) is 1. The molecular weight excluding hydrogens is 236 g/mol. The van der Waals surface area contributed by atoms with Crippen LogP contribution in [0.5, 0.6) is 0 Å². The van der Waals surface area contributed by atoms with Crippen LogP contribution in [0, 0.1) is 17.3 Å². The zero-order valence-electron chi connectivity index (χ0n) is 12.1. The number of amides is 1. The molecule has 0 spiro atoms. The third-order valence-corrected chi connectivity index (χ3v) is 5.02. The molecule has 2 fully saturated rings. The second-order valence-corrected chi connectivity index (χ2v) is 6.82. The van der Waals surface area contributed by atoms with E-state index >= 15 is 0 Å². The average molecular weight is 260 g/mol. The van der Waals surface area contributed by atoms with Crippen LogP contribution in [-0.2, 0) is 4.79 Å². The summed E-state index contributed by atoms with van der Waals surface area (Å²) in [7, 11) is 1.91.